The lowest BCUT2D eigenvalue weighted by molar-refractivity contribution is -0.368. The molecule has 1 fully saturated rings. The Labute approximate surface area is 151 Å². The minimum Gasteiger partial charge on any atom is -0.394 e. The monoisotopic (exact) mass is 358 g/mol. The number of benzene rings is 2. The van der Waals surface area contributed by atoms with E-state index in [-0.39, 0.29) is 6.61 Å². The second-order valence-corrected chi connectivity index (χ2v) is 6.87. The third-order valence-electron chi connectivity index (χ3n) is 5.19. The van der Waals surface area contributed by atoms with Crippen LogP contribution in [0.15, 0.2) is 48.5 Å². The highest BCUT2D eigenvalue weighted by Gasteiger charge is 2.58. The summed E-state index contributed by atoms with van der Waals surface area (Å²) in [6.07, 6.45) is -4.68. The lowest BCUT2D eigenvalue weighted by Gasteiger charge is -2.46. The summed E-state index contributed by atoms with van der Waals surface area (Å²) in [7, 11) is 0. The van der Waals surface area contributed by atoms with Gasteiger partial charge in [0, 0.05) is 5.56 Å². The number of hydrogen-bond acceptors (Lipinski definition) is 6. The van der Waals surface area contributed by atoms with Crippen molar-refractivity contribution in [1.82, 2.24) is 0 Å². The molecule has 2 aliphatic heterocycles. The van der Waals surface area contributed by atoms with Crippen LogP contribution < -0.4 is 0 Å². The van der Waals surface area contributed by atoms with Crippen molar-refractivity contribution in [3.05, 3.63) is 70.8 Å². The molecule has 1 spiro atoms. The Morgan fingerprint density at radius 3 is 2.46 bits per heavy atom. The summed E-state index contributed by atoms with van der Waals surface area (Å²) in [6.45, 7) is -0.270. The SMILES string of the molecule is OCC1OC2(OCc3ccc(Cc4ccccc4)cc32)C(O)C(O)C1O. The van der Waals surface area contributed by atoms with Gasteiger partial charge in [-0.2, -0.15) is 0 Å². The van der Waals surface area contributed by atoms with Crippen molar-refractivity contribution in [2.75, 3.05) is 6.61 Å². The smallest absolute Gasteiger partial charge is 0.225 e. The first-order valence-corrected chi connectivity index (χ1v) is 8.68. The summed E-state index contributed by atoms with van der Waals surface area (Å²) in [6, 6.07) is 15.8. The molecule has 2 heterocycles. The van der Waals surface area contributed by atoms with E-state index in [4.69, 9.17) is 9.47 Å². The van der Waals surface area contributed by atoms with Crippen LogP contribution in [0.1, 0.15) is 22.3 Å². The summed E-state index contributed by atoms with van der Waals surface area (Å²) in [4.78, 5) is 0. The fourth-order valence-corrected chi connectivity index (χ4v) is 3.76. The molecule has 138 valence electrons. The number of aliphatic hydroxyl groups is 4. The van der Waals surface area contributed by atoms with Crippen LogP contribution in [0.5, 0.6) is 0 Å². The van der Waals surface area contributed by atoms with E-state index < -0.39 is 36.8 Å². The highest BCUT2D eigenvalue weighted by atomic mass is 16.7. The van der Waals surface area contributed by atoms with E-state index in [1.165, 1.54) is 0 Å². The van der Waals surface area contributed by atoms with Gasteiger partial charge in [0.25, 0.3) is 0 Å². The first-order valence-electron chi connectivity index (χ1n) is 8.68. The van der Waals surface area contributed by atoms with Crippen LogP contribution >= 0.6 is 0 Å². The van der Waals surface area contributed by atoms with Crippen molar-refractivity contribution in [1.29, 1.82) is 0 Å². The first-order chi connectivity index (χ1) is 12.5. The topological polar surface area (TPSA) is 99.4 Å². The van der Waals surface area contributed by atoms with E-state index >= 15 is 0 Å². The Hall–Kier alpha value is -1.80. The minimum absolute atomic E-state index is 0.221. The molecule has 1 saturated heterocycles. The molecule has 0 saturated carbocycles. The van der Waals surface area contributed by atoms with Gasteiger partial charge in [-0.3, -0.25) is 0 Å². The molecule has 5 unspecified atom stereocenters. The molecule has 4 rings (SSSR count). The van der Waals surface area contributed by atoms with Gasteiger partial charge in [0.15, 0.2) is 0 Å². The Kier molecular flexibility index (Phi) is 4.56. The van der Waals surface area contributed by atoms with Crippen LogP contribution in [-0.4, -0.2) is 51.4 Å². The zero-order chi connectivity index (χ0) is 18.3. The Morgan fingerprint density at radius 2 is 1.73 bits per heavy atom. The highest BCUT2D eigenvalue weighted by molar-refractivity contribution is 5.41. The second kappa shape index (κ2) is 6.74. The van der Waals surface area contributed by atoms with E-state index in [2.05, 4.69) is 0 Å². The Balaban J connectivity index is 1.70. The van der Waals surface area contributed by atoms with Crippen LogP contribution in [-0.2, 0) is 28.3 Å². The van der Waals surface area contributed by atoms with Gasteiger partial charge in [-0.05, 0) is 29.2 Å². The average Bonchev–Trinajstić information content (AvgIpc) is 3.03. The fourth-order valence-electron chi connectivity index (χ4n) is 3.76. The molecule has 0 bridgehead atoms. The molecule has 0 amide bonds. The van der Waals surface area contributed by atoms with Gasteiger partial charge in [0.1, 0.15) is 24.4 Å². The zero-order valence-electron chi connectivity index (χ0n) is 14.2. The van der Waals surface area contributed by atoms with Crippen LogP contribution in [0.4, 0.5) is 0 Å². The van der Waals surface area contributed by atoms with E-state index in [0.717, 1.165) is 16.7 Å². The van der Waals surface area contributed by atoms with E-state index in [1.54, 1.807) is 0 Å². The molecule has 2 aromatic carbocycles. The molecule has 2 aromatic rings. The number of fused-ring (bicyclic) bond motifs is 2. The number of aliphatic hydroxyl groups excluding tert-OH is 4. The van der Waals surface area contributed by atoms with Gasteiger partial charge in [-0.25, -0.2) is 0 Å². The summed E-state index contributed by atoms with van der Waals surface area (Å²) < 4.78 is 11.5. The van der Waals surface area contributed by atoms with E-state index in [0.29, 0.717) is 12.0 Å². The predicted octanol–water partition coefficient (Wildman–Crippen LogP) is 0.434. The standard InChI is InChI=1S/C20H22O6/c21-10-16-17(22)18(23)19(24)20(26-16)15-9-13(6-7-14(15)11-25-20)8-12-4-2-1-3-5-12/h1-7,9,16-19,21-24H,8,10-11H2. The largest absolute Gasteiger partial charge is 0.394 e. The third kappa shape index (κ3) is 2.75. The van der Waals surface area contributed by atoms with Gasteiger partial charge in [0.05, 0.1) is 13.2 Å². The first kappa shape index (κ1) is 17.6. The quantitative estimate of drug-likeness (QED) is 0.635. The van der Waals surface area contributed by atoms with Crippen molar-refractivity contribution in [2.45, 2.75) is 43.2 Å². The van der Waals surface area contributed by atoms with Gasteiger partial charge < -0.3 is 29.9 Å². The second-order valence-electron chi connectivity index (χ2n) is 6.87. The van der Waals surface area contributed by atoms with Gasteiger partial charge in [-0.15, -0.1) is 0 Å². The molecule has 0 radical (unpaired) electrons. The highest BCUT2D eigenvalue weighted by Crippen LogP contribution is 2.46. The summed E-state index contributed by atoms with van der Waals surface area (Å²) in [5.74, 6) is -1.59. The average molecular weight is 358 g/mol. The number of ether oxygens (including phenoxy) is 2. The predicted molar refractivity (Wildman–Crippen MR) is 92.1 cm³/mol. The zero-order valence-corrected chi connectivity index (χ0v) is 14.2. The summed E-state index contributed by atoms with van der Waals surface area (Å²) >= 11 is 0. The van der Waals surface area contributed by atoms with Crippen molar-refractivity contribution in [3.63, 3.8) is 0 Å². The summed E-state index contributed by atoms with van der Waals surface area (Å²) in [5.41, 5.74) is 3.63. The normalized spacial score (nSPS) is 33.4. The van der Waals surface area contributed by atoms with Crippen LogP contribution in [0.3, 0.4) is 0 Å². The molecule has 5 atom stereocenters. The van der Waals surface area contributed by atoms with Crippen molar-refractivity contribution in [3.8, 4) is 0 Å². The molecule has 6 nitrogen and oxygen atoms in total. The maximum atomic E-state index is 10.6. The Bertz CT molecular complexity index is 777. The van der Waals surface area contributed by atoms with Crippen LogP contribution in [0, 0.1) is 0 Å². The van der Waals surface area contributed by atoms with Crippen LogP contribution in [0.2, 0.25) is 0 Å². The lowest BCUT2D eigenvalue weighted by atomic mass is 9.86. The van der Waals surface area contributed by atoms with Crippen molar-refractivity contribution < 1.29 is 29.9 Å². The minimum atomic E-state index is -1.59. The molecule has 2 aliphatic rings. The third-order valence-corrected chi connectivity index (χ3v) is 5.19. The number of hydrogen-bond donors (Lipinski definition) is 4. The fraction of sp³-hybridized carbons (Fsp3) is 0.400. The molecule has 0 aromatic heterocycles. The number of rotatable bonds is 3. The Morgan fingerprint density at radius 1 is 0.962 bits per heavy atom. The summed E-state index contributed by atoms with van der Waals surface area (Å²) in [5, 5.41) is 40.3. The van der Waals surface area contributed by atoms with Crippen molar-refractivity contribution >= 4 is 0 Å². The molecule has 0 aliphatic carbocycles. The van der Waals surface area contributed by atoms with Crippen LogP contribution in [0.25, 0.3) is 0 Å². The molecular weight excluding hydrogens is 336 g/mol. The van der Waals surface area contributed by atoms with Gasteiger partial charge in [-0.1, -0.05) is 42.5 Å². The maximum absolute atomic E-state index is 10.6. The van der Waals surface area contributed by atoms with Crippen molar-refractivity contribution in [2.24, 2.45) is 0 Å². The van der Waals surface area contributed by atoms with E-state index in [9.17, 15) is 20.4 Å². The molecular formula is C20H22O6. The van der Waals surface area contributed by atoms with E-state index in [1.807, 2.05) is 48.5 Å². The maximum Gasteiger partial charge on any atom is 0.225 e. The molecule has 4 N–H and O–H groups in total. The van der Waals surface area contributed by atoms with Gasteiger partial charge in [0.2, 0.25) is 5.79 Å². The molecule has 6 heteroatoms. The van der Waals surface area contributed by atoms with Gasteiger partial charge >= 0.3 is 0 Å². The lowest BCUT2D eigenvalue weighted by Crippen LogP contribution is -2.63. The molecule has 26 heavy (non-hydrogen) atoms.